The van der Waals surface area contributed by atoms with Gasteiger partial charge in [0.15, 0.2) is 11.9 Å². The molecule has 8 heteroatoms. The Morgan fingerprint density at radius 2 is 2.13 bits per heavy atom. The van der Waals surface area contributed by atoms with Crippen LogP contribution in [-0.2, 0) is 9.63 Å². The Labute approximate surface area is 192 Å². The van der Waals surface area contributed by atoms with Gasteiger partial charge in [-0.05, 0) is 30.9 Å². The Kier molecular flexibility index (Phi) is 10.3. The van der Waals surface area contributed by atoms with E-state index in [1.807, 2.05) is 6.92 Å². The zero-order valence-electron chi connectivity index (χ0n) is 17.7. The normalized spacial score (nSPS) is 18.5. The number of carbonyl (C=O) groups is 1. The van der Waals surface area contributed by atoms with Crippen LogP contribution in [0.15, 0.2) is 46.3 Å². The number of aliphatic hydroxyl groups is 1. The fourth-order valence-corrected chi connectivity index (χ4v) is 3.80. The molecular formula is C23H28Cl2FNO4. The molecule has 2 rings (SSSR count). The molecule has 0 aromatic heterocycles. The highest BCUT2D eigenvalue weighted by Crippen LogP contribution is 2.30. The third kappa shape index (κ3) is 7.86. The van der Waals surface area contributed by atoms with Gasteiger partial charge in [0, 0.05) is 35.9 Å². The smallest absolute Gasteiger partial charge is 0.168 e. The number of aliphatic hydroxyl groups excluding tert-OH is 1. The maximum atomic E-state index is 13.5. The second kappa shape index (κ2) is 12.7. The van der Waals surface area contributed by atoms with Crippen molar-refractivity contribution in [2.75, 3.05) is 6.61 Å². The molecule has 2 unspecified atom stereocenters. The van der Waals surface area contributed by atoms with Crippen LogP contribution in [0.5, 0.6) is 5.75 Å². The molecule has 0 bridgehead atoms. The minimum Gasteiger partial charge on any atom is -0.511 e. The molecule has 0 aliphatic heterocycles. The maximum Gasteiger partial charge on any atom is 0.168 e. The number of ketones is 1. The minimum atomic E-state index is -0.548. The van der Waals surface area contributed by atoms with Gasteiger partial charge in [0.05, 0.1) is 11.3 Å². The van der Waals surface area contributed by atoms with E-state index >= 15 is 0 Å². The Balaban J connectivity index is 2.13. The lowest BCUT2D eigenvalue weighted by atomic mass is 9.82. The van der Waals surface area contributed by atoms with Crippen molar-refractivity contribution in [1.29, 1.82) is 0 Å². The first-order chi connectivity index (χ1) is 14.9. The molecule has 1 aliphatic rings. The number of halogens is 3. The Hall–Kier alpha value is -2.05. The van der Waals surface area contributed by atoms with Gasteiger partial charge in [0.25, 0.3) is 0 Å². The summed E-state index contributed by atoms with van der Waals surface area (Å²) in [7, 11) is 0. The van der Waals surface area contributed by atoms with E-state index in [2.05, 4.69) is 12.1 Å². The average Bonchev–Trinajstić information content (AvgIpc) is 2.70. The zero-order valence-corrected chi connectivity index (χ0v) is 19.3. The standard InChI is InChI=1S/C23H28Cl2FNO4/c1-3-6-15-9-21(28)23(22(29)10-15)20(4-2)27-31-18(7-5-8-24)14-30-19-12-16(25)11-17(26)13-19/h5,8,11-13,15,18,28H,3-4,6-7,9-10,14H2,1-2H3/b8-5?,27-20-. The van der Waals surface area contributed by atoms with Crippen LogP contribution in [0.2, 0.25) is 5.02 Å². The van der Waals surface area contributed by atoms with Gasteiger partial charge in [-0.15, -0.1) is 0 Å². The van der Waals surface area contributed by atoms with E-state index in [9.17, 15) is 14.3 Å². The molecule has 1 aliphatic carbocycles. The van der Waals surface area contributed by atoms with Crippen molar-refractivity contribution in [1.82, 2.24) is 0 Å². The van der Waals surface area contributed by atoms with E-state index in [-0.39, 0.29) is 40.4 Å². The van der Waals surface area contributed by atoms with Gasteiger partial charge in [0.1, 0.15) is 23.9 Å². The second-order valence-electron chi connectivity index (χ2n) is 7.44. The van der Waals surface area contributed by atoms with Gasteiger partial charge in [-0.1, -0.05) is 54.7 Å². The van der Waals surface area contributed by atoms with Crippen molar-refractivity contribution in [3.05, 3.63) is 52.0 Å². The summed E-state index contributed by atoms with van der Waals surface area (Å²) >= 11 is 11.5. The molecule has 0 radical (unpaired) electrons. The molecule has 0 heterocycles. The van der Waals surface area contributed by atoms with Crippen LogP contribution in [-0.4, -0.2) is 29.3 Å². The summed E-state index contributed by atoms with van der Waals surface area (Å²) in [5, 5.41) is 14.9. The number of rotatable bonds is 11. The fourth-order valence-electron chi connectivity index (χ4n) is 3.48. The van der Waals surface area contributed by atoms with Crippen molar-refractivity contribution in [3.8, 4) is 5.75 Å². The van der Waals surface area contributed by atoms with Crippen molar-refractivity contribution >= 4 is 34.7 Å². The van der Waals surface area contributed by atoms with Gasteiger partial charge in [-0.25, -0.2) is 4.39 Å². The summed E-state index contributed by atoms with van der Waals surface area (Å²) in [5.74, 6) is -0.131. The highest BCUT2D eigenvalue weighted by atomic mass is 35.5. The number of benzene rings is 1. The van der Waals surface area contributed by atoms with Crippen LogP contribution in [0.1, 0.15) is 52.4 Å². The third-order valence-corrected chi connectivity index (χ3v) is 5.31. The van der Waals surface area contributed by atoms with E-state index in [0.717, 1.165) is 12.8 Å². The summed E-state index contributed by atoms with van der Waals surface area (Å²) in [4.78, 5) is 18.3. The van der Waals surface area contributed by atoms with Crippen LogP contribution in [0.25, 0.3) is 0 Å². The van der Waals surface area contributed by atoms with Gasteiger partial charge < -0.3 is 14.7 Å². The summed E-state index contributed by atoms with van der Waals surface area (Å²) in [5.41, 5.74) is 2.00. The number of hydrogen-bond donors (Lipinski definition) is 1. The van der Waals surface area contributed by atoms with Crippen LogP contribution in [0.3, 0.4) is 0 Å². The van der Waals surface area contributed by atoms with Crippen molar-refractivity contribution in [3.63, 3.8) is 0 Å². The SMILES string of the molecule is CCCC1CC(=O)C(/C(CC)=N\OC(CC=CCl)COc2cc(F)cc(Cl)c2)=C(O)C1. The van der Waals surface area contributed by atoms with Crippen molar-refractivity contribution < 1.29 is 23.9 Å². The number of hydrogen-bond acceptors (Lipinski definition) is 5. The Bertz CT molecular complexity index is 834. The first kappa shape index (κ1) is 25.2. The second-order valence-corrected chi connectivity index (χ2v) is 8.13. The molecule has 0 saturated carbocycles. The van der Waals surface area contributed by atoms with Gasteiger partial charge in [-0.3, -0.25) is 4.79 Å². The van der Waals surface area contributed by atoms with Crippen LogP contribution < -0.4 is 4.74 Å². The van der Waals surface area contributed by atoms with Gasteiger partial charge in [-0.2, -0.15) is 0 Å². The number of Topliss-reactive ketones (excluding diaryl/α,β-unsaturated/α-hetero) is 1. The number of nitrogens with zero attached hydrogens (tertiary/aromatic N) is 1. The molecule has 2 atom stereocenters. The predicted molar refractivity (Wildman–Crippen MR) is 121 cm³/mol. The highest BCUT2D eigenvalue weighted by Gasteiger charge is 2.30. The lowest BCUT2D eigenvalue weighted by Gasteiger charge is -2.23. The van der Waals surface area contributed by atoms with Gasteiger partial charge >= 0.3 is 0 Å². The Morgan fingerprint density at radius 3 is 2.74 bits per heavy atom. The quantitative estimate of drug-likeness (QED) is 0.286. The first-order valence-electron chi connectivity index (χ1n) is 10.4. The average molecular weight is 472 g/mol. The first-order valence-corrected chi connectivity index (χ1v) is 11.2. The summed E-state index contributed by atoms with van der Waals surface area (Å²) in [6, 6.07) is 3.90. The molecule has 0 amide bonds. The molecule has 0 fully saturated rings. The lowest BCUT2D eigenvalue weighted by Crippen LogP contribution is -2.25. The topological polar surface area (TPSA) is 68.1 Å². The zero-order chi connectivity index (χ0) is 22.8. The summed E-state index contributed by atoms with van der Waals surface area (Å²) < 4.78 is 19.1. The minimum absolute atomic E-state index is 0.0546. The maximum absolute atomic E-state index is 13.5. The van der Waals surface area contributed by atoms with E-state index in [0.29, 0.717) is 31.4 Å². The van der Waals surface area contributed by atoms with Crippen LogP contribution >= 0.6 is 23.2 Å². The molecule has 0 spiro atoms. The molecule has 31 heavy (non-hydrogen) atoms. The molecule has 170 valence electrons. The highest BCUT2D eigenvalue weighted by molar-refractivity contribution is 6.30. The summed E-state index contributed by atoms with van der Waals surface area (Å²) in [6.07, 6.45) is 4.65. The van der Waals surface area contributed by atoms with Crippen molar-refractivity contribution in [2.45, 2.75) is 58.5 Å². The molecule has 1 N–H and O–H groups in total. The monoisotopic (exact) mass is 471 g/mol. The van der Waals surface area contributed by atoms with E-state index in [4.69, 9.17) is 32.8 Å². The molecule has 5 nitrogen and oxygen atoms in total. The lowest BCUT2D eigenvalue weighted by molar-refractivity contribution is -0.116. The molecule has 1 aromatic carbocycles. The molecular weight excluding hydrogens is 444 g/mol. The number of oxime groups is 1. The van der Waals surface area contributed by atoms with Gasteiger partial charge in [0.2, 0.25) is 0 Å². The number of ether oxygens (including phenoxy) is 1. The Morgan fingerprint density at radius 1 is 1.35 bits per heavy atom. The fraction of sp³-hybridized carbons (Fsp3) is 0.478. The summed E-state index contributed by atoms with van der Waals surface area (Å²) in [6.45, 7) is 3.95. The van der Waals surface area contributed by atoms with E-state index in [1.165, 1.54) is 23.7 Å². The third-order valence-electron chi connectivity index (χ3n) is 4.92. The van der Waals surface area contributed by atoms with E-state index in [1.54, 1.807) is 6.08 Å². The number of carbonyl (C=O) groups excluding carboxylic acids is 1. The van der Waals surface area contributed by atoms with Crippen LogP contribution in [0, 0.1) is 11.7 Å². The van der Waals surface area contributed by atoms with E-state index < -0.39 is 11.9 Å². The van der Waals surface area contributed by atoms with Crippen LogP contribution in [0.4, 0.5) is 4.39 Å². The molecule has 1 aromatic rings. The molecule has 0 saturated heterocycles. The number of allylic oxidation sites excluding steroid dienone is 2. The largest absolute Gasteiger partial charge is 0.511 e. The van der Waals surface area contributed by atoms with Crippen molar-refractivity contribution in [2.24, 2.45) is 11.1 Å². The predicted octanol–water partition coefficient (Wildman–Crippen LogP) is 6.74.